The van der Waals surface area contributed by atoms with E-state index in [1.165, 1.54) is 6.07 Å². The summed E-state index contributed by atoms with van der Waals surface area (Å²) >= 11 is 0. The summed E-state index contributed by atoms with van der Waals surface area (Å²) < 4.78 is 67.4. The number of hydrogen-bond donors (Lipinski definition) is 0. The van der Waals surface area contributed by atoms with Crippen molar-refractivity contribution in [3.8, 4) is 6.07 Å². The molecule has 1 aromatic heterocycles. The van der Waals surface area contributed by atoms with Crippen LogP contribution in [0.2, 0.25) is 0 Å². The third-order valence-electron chi connectivity index (χ3n) is 2.31. The first-order valence-corrected chi connectivity index (χ1v) is 5.06. The van der Waals surface area contributed by atoms with Crippen LogP contribution in [0.3, 0.4) is 0 Å². The van der Waals surface area contributed by atoms with Gasteiger partial charge < -0.3 is 4.74 Å². The number of aromatic nitrogens is 1. The fourth-order valence-electron chi connectivity index (χ4n) is 1.42. The van der Waals surface area contributed by atoms with Crippen LogP contribution in [0.1, 0.15) is 28.9 Å². The lowest BCUT2D eigenvalue weighted by molar-refractivity contribution is -0.141. The summed E-state index contributed by atoms with van der Waals surface area (Å²) in [4.78, 5) is 14.0. The molecule has 0 aliphatic rings. The molecule has 0 amide bonds. The van der Waals surface area contributed by atoms with Gasteiger partial charge in [-0.1, -0.05) is 0 Å². The minimum atomic E-state index is -5.07. The quantitative estimate of drug-likeness (QED) is 0.635. The van der Waals surface area contributed by atoms with Gasteiger partial charge in [-0.2, -0.15) is 18.4 Å². The maximum atomic E-state index is 12.7. The minimum Gasteiger partial charge on any atom is -0.469 e. The first-order valence-electron chi connectivity index (χ1n) is 5.06. The molecule has 4 nitrogen and oxygen atoms in total. The number of alkyl halides is 5. The molecule has 0 radical (unpaired) electrons. The SMILES string of the molecule is COC(=O)Cc1cc(C(F)(F)F)c(C(F)F)nc1C#N. The van der Waals surface area contributed by atoms with Crippen LogP contribution in [0.15, 0.2) is 6.07 Å². The Hall–Kier alpha value is -2.24. The van der Waals surface area contributed by atoms with E-state index in [4.69, 9.17) is 5.26 Å². The third-order valence-corrected chi connectivity index (χ3v) is 2.31. The number of esters is 1. The van der Waals surface area contributed by atoms with Gasteiger partial charge in [0.25, 0.3) is 6.43 Å². The number of carbonyl (C=O) groups is 1. The molecule has 0 N–H and O–H groups in total. The zero-order valence-corrected chi connectivity index (χ0v) is 9.96. The predicted molar refractivity (Wildman–Crippen MR) is 54.6 cm³/mol. The van der Waals surface area contributed by atoms with Crippen LogP contribution in [0.5, 0.6) is 0 Å². The van der Waals surface area contributed by atoms with Crippen LogP contribution in [0, 0.1) is 11.3 Å². The van der Waals surface area contributed by atoms with Crippen molar-refractivity contribution in [2.75, 3.05) is 7.11 Å². The molecular formula is C11H7F5N2O2. The molecule has 0 atom stereocenters. The number of hydrogen-bond acceptors (Lipinski definition) is 4. The number of pyridine rings is 1. The minimum absolute atomic E-state index is 0.323. The van der Waals surface area contributed by atoms with E-state index >= 15 is 0 Å². The van der Waals surface area contributed by atoms with Crippen molar-refractivity contribution in [2.24, 2.45) is 0 Å². The number of nitriles is 1. The molecule has 1 rings (SSSR count). The highest BCUT2D eigenvalue weighted by Crippen LogP contribution is 2.36. The fraction of sp³-hybridized carbons (Fsp3) is 0.364. The second-order valence-corrected chi connectivity index (χ2v) is 3.59. The molecule has 0 aromatic carbocycles. The number of nitrogens with zero attached hydrogens (tertiary/aromatic N) is 2. The number of methoxy groups -OCH3 is 1. The maximum Gasteiger partial charge on any atom is 0.418 e. The summed E-state index contributed by atoms with van der Waals surface area (Å²) in [5, 5.41) is 8.71. The van der Waals surface area contributed by atoms with Crippen LogP contribution in [-0.4, -0.2) is 18.1 Å². The highest BCUT2D eigenvalue weighted by molar-refractivity contribution is 5.73. The second kappa shape index (κ2) is 5.81. The molecule has 1 aromatic rings. The van der Waals surface area contributed by atoms with E-state index in [1.807, 2.05) is 0 Å². The monoisotopic (exact) mass is 294 g/mol. The van der Waals surface area contributed by atoms with Crippen molar-refractivity contribution in [3.05, 3.63) is 28.6 Å². The van der Waals surface area contributed by atoms with Crippen molar-refractivity contribution in [1.82, 2.24) is 4.98 Å². The molecule has 0 spiro atoms. The Balaban J connectivity index is 3.47. The van der Waals surface area contributed by atoms with Gasteiger partial charge in [-0.05, 0) is 6.07 Å². The number of halogens is 5. The largest absolute Gasteiger partial charge is 0.469 e. The Morgan fingerprint density at radius 2 is 2.10 bits per heavy atom. The summed E-state index contributed by atoms with van der Waals surface area (Å²) in [6, 6.07) is 1.70. The van der Waals surface area contributed by atoms with Crippen LogP contribution in [0.25, 0.3) is 0 Å². The maximum absolute atomic E-state index is 12.7. The van der Waals surface area contributed by atoms with Crippen LogP contribution in [0.4, 0.5) is 22.0 Å². The Labute approximate surface area is 109 Å². The fourth-order valence-corrected chi connectivity index (χ4v) is 1.42. The average molecular weight is 294 g/mol. The van der Waals surface area contributed by atoms with E-state index in [2.05, 4.69) is 9.72 Å². The van der Waals surface area contributed by atoms with E-state index < -0.39 is 47.5 Å². The third kappa shape index (κ3) is 3.40. The summed E-state index contributed by atoms with van der Waals surface area (Å²) in [6.07, 6.45) is -9.23. The van der Waals surface area contributed by atoms with Gasteiger partial charge in [-0.25, -0.2) is 13.8 Å². The van der Waals surface area contributed by atoms with Crippen LogP contribution >= 0.6 is 0 Å². The molecule has 0 bridgehead atoms. The normalized spacial score (nSPS) is 11.3. The molecule has 0 aliphatic heterocycles. The molecule has 0 fully saturated rings. The topological polar surface area (TPSA) is 63.0 Å². The molecule has 108 valence electrons. The van der Waals surface area contributed by atoms with Gasteiger partial charge in [0.05, 0.1) is 19.1 Å². The molecule has 0 aliphatic carbocycles. The molecule has 20 heavy (non-hydrogen) atoms. The van der Waals surface area contributed by atoms with E-state index in [0.29, 0.717) is 6.07 Å². The van der Waals surface area contributed by atoms with Gasteiger partial charge in [0, 0.05) is 5.56 Å². The van der Waals surface area contributed by atoms with E-state index in [-0.39, 0.29) is 0 Å². The summed E-state index contributed by atoms with van der Waals surface area (Å²) in [7, 11) is 1.00. The summed E-state index contributed by atoms with van der Waals surface area (Å²) in [5.41, 5.74) is -4.30. The van der Waals surface area contributed by atoms with Gasteiger partial charge in [0.15, 0.2) is 0 Å². The predicted octanol–water partition coefficient (Wildman–Crippen LogP) is 2.63. The van der Waals surface area contributed by atoms with Crippen LogP contribution < -0.4 is 0 Å². The van der Waals surface area contributed by atoms with Crippen molar-refractivity contribution >= 4 is 5.97 Å². The summed E-state index contributed by atoms with van der Waals surface area (Å²) in [5.74, 6) is -0.916. The molecule has 0 saturated carbocycles. The van der Waals surface area contributed by atoms with Crippen molar-refractivity contribution < 1.29 is 31.5 Å². The first kappa shape index (κ1) is 15.8. The van der Waals surface area contributed by atoms with Gasteiger partial charge >= 0.3 is 12.1 Å². The Kier molecular flexibility index (Phi) is 4.60. The highest BCUT2D eigenvalue weighted by atomic mass is 19.4. The zero-order chi connectivity index (χ0) is 15.5. The zero-order valence-electron chi connectivity index (χ0n) is 9.96. The van der Waals surface area contributed by atoms with Gasteiger partial charge in [-0.3, -0.25) is 4.79 Å². The lowest BCUT2D eigenvalue weighted by Gasteiger charge is -2.14. The van der Waals surface area contributed by atoms with E-state index in [9.17, 15) is 26.7 Å². The summed E-state index contributed by atoms with van der Waals surface area (Å²) in [6.45, 7) is 0. The first-order chi connectivity index (χ1) is 9.20. The number of rotatable bonds is 3. The number of carbonyl (C=O) groups excluding carboxylic acids is 1. The molecule has 9 heteroatoms. The molecule has 0 saturated heterocycles. The molecular weight excluding hydrogens is 287 g/mol. The Morgan fingerprint density at radius 1 is 1.50 bits per heavy atom. The van der Waals surface area contributed by atoms with Crippen LogP contribution in [-0.2, 0) is 22.1 Å². The van der Waals surface area contributed by atoms with Crippen molar-refractivity contribution in [2.45, 2.75) is 19.0 Å². The second-order valence-electron chi connectivity index (χ2n) is 3.59. The van der Waals surface area contributed by atoms with Gasteiger partial charge in [-0.15, -0.1) is 0 Å². The van der Waals surface area contributed by atoms with Gasteiger partial charge in [0.1, 0.15) is 17.5 Å². The molecule has 0 unspecified atom stereocenters. The van der Waals surface area contributed by atoms with E-state index in [0.717, 1.165) is 7.11 Å². The van der Waals surface area contributed by atoms with Crippen molar-refractivity contribution in [3.63, 3.8) is 0 Å². The molecule has 1 heterocycles. The standard InChI is InChI=1S/C11H7F5N2O2/c1-20-8(19)3-5-2-6(11(14,15)16)9(10(12)13)18-7(5)4-17/h2,10H,3H2,1H3. The Morgan fingerprint density at radius 3 is 2.50 bits per heavy atom. The lowest BCUT2D eigenvalue weighted by atomic mass is 10.0. The average Bonchev–Trinajstić information content (AvgIpc) is 2.36. The highest BCUT2D eigenvalue weighted by Gasteiger charge is 2.38. The Bertz CT molecular complexity index is 563. The smallest absolute Gasteiger partial charge is 0.418 e. The lowest BCUT2D eigenvalue weighted by Crippen LogP contribution is -2.16. The van der Waals surface area contributed by atoms with Crippen molar-refractivity contribution in [1.29, 1.82) is 5.26 Å². The van der Waals surface area contributed by atoms with Gasteiger partial charge in [0.2, 0.25) is 0 Å². The van der Waals surface area contributed by atoms with E-state index in [1.54, 1.807) is 0 Å². The number of ether oxygens (including phenoxy) is 1.